The lowest BCUT2D eigenvalue weighted by Crippen LogP contribution is -2.53. The fraction of sp³-hybridized carbons (Fsp3) is 0.417. The summed E-state index contributed by atoms with van der Waals surface area (Å²) in [5.74, 6) is 0.909. The van der Waals surface area contributed by atoms with Gasteiger partial charge in [-0.05, 0) is 37.0 Å². The molecule has 0 radical (unpaired) electrons. The first-order chi connectivity index (χ1) is 15.8. The molecule has 0 spiro atoms. The Balaban J connectivity index is 0.00000187. The van der Waals surface area contributed by atoms with Crippen LogP contribution in [0.4, 0.5) is 23.1 Å². The number of methoxy groups -OCH3 is 1. The standard InChI is InChI=1S/C22H29N5O4.C2H4/c1-6-16-20(28)26(4)17-12-23-22(25-19(17)27(16)10-9-13(2)3)24-15-8-7-14(21(29)30)11-18(15)31-5;1-2/h7-8,11-13,16H,6,9-10H2,1-5H3,(H,29,30)(H,23,24,25);1-2H2. The summed E-state index contributed by atoms with van der Waals surface area (Å²) in [7, 11) is 3.22. The molecule has 1 unspecified atom stereocenters. The summed E-state index contributed by atoms with van der Waals surface area (Å²) in [6, 6.07) is 4.27. The van der Waals surface area contributed by atoms with Crippen molar-refractivity contribution in [2.24, 2.45) is 5.92 Å². The lowest BCUT2D eigenvalue weighted by molar-refractivity contribution is -0.120. The van der Waals surface area contributed by atoms with E-state index in [1.807, 2.05) is 6.92 Å². The van der Waals surface area contributed by atoms with Gasteiger partial charge in [0.25, 0.3) is 0 Å². The molecule has 2 N–H and O–H groups in total. The number of rotatable bonds is 8. The SMILES string of the molecule is C=C.CCC1C(=O)N(C)c2cnc(Nc3ccc(C(=O)O)cc3OC)nc2N1CCC(C)C. The van der Waals surface area contributed by atoms with Crippen LogP contribution >= 0.6 is 0 Å². The third-order valence-corrected chi connectivity index (χ3v) is 5.40. The second-order valence-electron chi connectivity index (χ2n) is 7.94. The molecule has 33 heavy (non-hydrogen) atoms. The highest BCUT2D eigenvalue weighted by Crippen LogP contribution is 2.36. The normalized spacial score (nSPS) is 15.0. The van der Waals surface area contributed by atoms with Crippen LogP contribution in [0.15, 0.2) is 37.6 Å². The summed E-state index contributed by atoms with van der Waals surface area (Å²) >= 11 is 0. The van der Waals surface area contributed by atoms with Gasteiger partial charge in [-0.25, -0.2) is 9.78 Å². The summed E-state index contributed by atoms with van der Waals surface area (Å²) < 4.78 is 5.33. The number of aromatic carboxylic acids is 1. The minimum absolute atomic E-state index is 0.0361. The Morgan fingerprint density at radius 3 is 2.61 bits per heavy atom. The number of aromatic nitrogens is 2. The Hall–Kier alpha value is -3.62. The maximum Gasteiger partial charge on any atom is 0.335 e. The minimum Gasteiger partial charge on any atom is -0.495 e. The number of anilines is 4. The average molecular weight is 456 g/mol. The molecule has 0 aliphatic carbocycles. The number of carbonyl (C=O) groups excluding carboxylic acids is 1. The van der Waals surface area contributed by atoms with Gasteiger partial charge in [0.2, 0.25) is 11.9 Å². The molecule has 9 nitrogen and oxygen atoms in total. The number of likely N-dealkylation sites (N-methyl/N-ethyl adjacent to an activating group) is 1. The van der Waals surface area contributed by atoms with E-state index in [-0.39, 0.29) is 17.5 Å². The molecular formula is C24H33N5O4. The molecule has 1 aliphatic heterocycles. The van der Waals surface area contributed by atoms with Gasteiger partial charge in [-0.15, -0.1) is 13.2 Å². The van der Waals surface area contributed by atoms with Gasteiger partial charge in [0.1, 0.15) is 17.5 Å². The van der Waals surface area contributed by atoms with Crippen LogP contribution in [0.5, 0.6) is 5.75 Å². The topological polar surface area (TPSA) is 108 Å². The molecule has 2 aromatic rings. The molecule has 0 saturated heterocycles. The number of hydrogen-bond donors (Lipinski definition) is 2. The number of nitrogens with one attached hydrogen (secondary N) is 1. The number of hydrogen-bond acceptors (Lipinski definition) is 7. The monoisotopic (exact) mass is 455 g/mol. The van der Waals surface area contributed by atoms with Crippen molar-refractivity contribution in [2.45, 2.75) is 39.7 Å². The molecule has 1 amide bonds. The van der Waals surface area contributed by atoms with Crippen LogP contribution in [-0.4, -0.2) is 53.7 Å². The zero-order chi connectivity index (χ0) is 24.7. The van der Waals surface area contributed by atoms with E-state index in [4.69, 9.17) is 9.72 Å². The van der Waals surface area contributed by atoms with E-state index >= 15 is 0 Å². The lowest BCUT2D eigenvalue weighted by Gasteiger charge is -2.40. The third kappa shape index (κ3) is 5.60. The van der Waals surface area contributed by atoms with Crippen LogP contribution in [0.2, 0.25) is 0 Å². The first-order valence-corrected chi connectivity index (χ1v) is 10.9. The molecule has 1 aromatic carbocycles. The van der Waals surface area contributed by atoms with Crippen molar-refractivity contribution in [3.8, 4) is 5.75 Å². The summed E-state index contributed by atoms with van der Waals surface area (Å²) in [5.41, 5.74) is 1.34. The Labute approximate surface area is 195 Å². The maximum atomic E-state index is 12.9. The van der Waals surface area contributed by atoms with Crippen molar-refractivity contribution >= 4 is 35.0 Å². The molecular weight excluding hydrogens is 422 g/mol. The molecule has 0 fully saturated rings. The van der Waals surface area contributed by atoms with Crippen molar-refractivity contribution in [1.82, 2.24) is 9.97 Å². The molecule has 0 saturated carbocycles. The number of nitrogens with zero attached hydrogens (tertiary/aromatic N) is 4. The fourth-order valence-electron chi connectivity index (χ4n) is 3.60. The first-order valence-electron chi connectivity index (χ1n) is 10.9. The average Bonchev–Trinajstić information content (AvgIpc) is 2.81. The number of fused-ring (bicyclic) bond motifs is 1. The van der Waals surface area contributed by atoms with Crippen LogP contribution in [0.25, 0.3) is 0 Å². The minimum atomic E-state index is -1.03. The van der Waals surface area contributed by atoms with Gasteiger partial charge >= 0.3 is 5.97 Å². The van der Waals surface area contributed by atoms with Crippen molar-refractivity contribution in [3.05, 3.63) is 43.1 Å². The zero-order valence-corrected chi connectivity index (χ0v) is 20.0. The highest BCUT2D eigenvalue weighted by molar-refractivity contribution is 6.04. The third-order valence-electron chi connectivity index (χ3n) is 5.40. The van der Waals surface area contributed by atoms with Gasteiger partial charge in [-0.3, -0.25) is 4.79 Å². The molecule has 3 rings (SSSR count). The quantitative estimate of drug-likeness (QED) is 0.566. The van der Waals surface area contributed by atoms with Crippen LogP contribution < -0.4 is 19.9 Å². The Bertz CT molecular complexity index is 995. The highest BCUT2D eigenvalue weighted by Gasteiger charge is 2.36. The molecule has 178 valence electrons. The van der Waals surface area contributed by atoms with E-state index in [1.165, 1.54) is 19.2 Å². The van der Waals surface area contributed by atoms with E-state index in [0.717, 1.165) is 13.0 Å². The lowest BCUT2D eigenvalue weighted by atomic mass is 10.0. The van der Waals surface area contributed by atoms with E-state index in [1.54, 1.807) is 24.2 Å². The number of amides is 1. The van der Waals surface area contributed by atoms with E-state index in [2.05, 4.69) is 42.2 Å². The second-order valence-corrected chi connectivity index (χ2v) is 7.94. The second kappa shape index (κ2) is 11.3. The number of carboxylic acids is 1. The van der Waals surface area contributed by atoms with E-state index in [0.29, 0.717) is 41.2 Å². The Morgan fingerprint density at radius 2 is 2.03 bits per heavy atom. The van der Waals surface area contributed by atoms with E-state index in [9.17, 15) is 14.7 Å². The van der Waals surface area contributed by atoms with Crippen molar-refractivity contribution < 1.29 is 19.4 Å². The van der Waals surface area contributed by atoms with Crippen LogP contribution in [0.1, 0.15) is 44.0 Å². The predicted octanol–water partition coefficient (Wildman–Crippen LogP) is 4.34. The molecule has 1 aromatic heterocycles. The Morgan fingerprint density at radius 1 is 1.33 bits per heavy atom. The molecule has 0 bridgehead atoms. The Kier molecular flexibility index (Phi) is 8.78. The largest absolute Gasteiger partial charge is 0.495 e. The van der Waals surface area contributed by atoms with Gasteiger partial charge in [0.15, 0.2) is 5.82 Å². The zero-order valence-electron chi connectivity index (χ0n) is 20.0. The van der Waals surface area contributed by atoms with Gasteiger partial charge in [0, 0.05) is 13.6 Å². The van der Waals surface area contributed by atoms with Crippen LogP contribution in [-0.2, 0) is 4.79 Å². The van der Waals surface area contributed by atoms with Crippen molar-refractivity contribution in [2.75, 3.05) is 35.8 Å². The smallest absolute Gasteiger partial charge is 0.335 e. The molecule has 9 heteroatoms. The fourth-order valence-corrected chi connectivity index (χ4v) is 3.60. The molecule has 1 aliphatic rings. The van der Waals surface area contributed by atoms with Gasteiger partial charge in [-0.2, -0.15) is 4.98 Å². The van der Waals surface area contributed by atoms with Crippen LogP contribution in [0, 0.1) is 5.92 Å². The highest BCUT2D eigenvalue weighted by atomic mass is 16.5. The summed E-state index contributed by atoms with van der Waals surface area (Å²) in [6.07, 6.45) is 3.25. The number of carboxylic acid groups (broad SMARTS) is 1. The number of ether oxygens (including phenoxy) is 1. The predicted molar refractivity (Wildman–Crippen MR) is 131 cm³/mol. The first kappa shape index (κ1) is 25.6. The molecule has 1 atom stereocenters. The van der Waals surface area contributed by atoms with E-state index < -0.39 is 5.97 Å². The number of benzene rings is 1. The number of carbonyl (C=O) groups is 2. The summed E-state index contributed by atoms with van der Waals surface area (Å²) in [6.45, 7) is 13.0. The van der Waals surface area contributed by atoms with Crippen LogP contribution in [0.3, 0.4) is 0 Å². The van der Waals surface area contributed by atoms with Gasteiger partial charge in [-0.1, -0.05) is 20.8 Å². The summed E-state index contributed by atoms with van der Waals surface area (Å²) in [5, 5.41) is 12.3. The van der Waals surface area contributed by atoms with Crippen molar-refractivity contribution in [3.63, 3.8) is 0 Å². The summed E-state index contributed by atoms with van der Waals surface area (Å²) in [4.78, 5) is 36.9. The van der Waals surface area contributed by atoms with Gasteiger partial charge in [0.05, 0.1) is 24.6 Å². The van der Waals surface area contributed by atoms with Crippen molar-refractivity contribution in [1.29, 1.82) is 0 Å². The molecule has 2 heterocycles. The van der Waals surface area contributed by atoms with Gasteiger partial charge < -0.3 is 25.0 Å². The maximum absolute atomic E-state index is 12.9.